The summed E-state index contributed by atoms with van der Waals surface area (Å²) in [6.07, 6.45) is 4.24. The van der Waals surface area contributed by atoms with E-state index in [4.69, 9.17) is 0 Å². The maximum absolute atomic E-state index is 2.46. The van der Waals surface area contributed by atoms with Gasteiger partial charge in [-0.15, -0.1) is 0 Å². The zero-order valence-electron chi connectivity index (χ0n) is 34.4. The zero-order valence-corrected chi connectivity index (χ0v) is 34.4. The predicted molar refractivity (Wildman–Crippen MR) is 239 cm³/mol. The van der Waals surface area contributed by atoms with Gasteiger partial charge in [0.05, 0.1) is 11.1 Å². The molecular weight excluding hydrogens is 691 g/mol. The van der Waals surface area contributed by atoms with Crippen molar-refractivity contribution in [2.75, 3.05) is 4.90 Å². The molecule has 0 aliphatic carbocycles. The zero-order chi connectivity index (χ0) is 39.8. The first-order valence-electron chi connectivity index (χ1n) is 19.9. The molecular formula is C54H51N3+2. The Morgan fingerprint density at radius 3 is 1.44 bits per heavy atom. The summed E-state index contributed by atoms with van der Waals surface area (Å²) in [5.74, 6) is 0. The van der Waals surface area contributed by atoms with Crippen molar-refractivity contribution in [3.63, 3.8) is 0 Å². The molecule has 0 amide bonds. The van der Waals surface area contributed by atoms with E-state index in [1.807, 2.05) is 0 Å². The van der Waals surface area contributed by atoms with E-state index in [2.05, 4.69) is 234 Å². The molecule has 0 spiro atoms. The Kier molecular flexibility index (Phi) is 10.2. The van der Waals surface area contributed by atoms with Gasteiger partial charge in [0.15, 0.2) is 12.4 Å². The smallest absolute Gasteiger partial charge is 0.212 e. The predicted octanol–water partition coefficient (Wildman–Crippen LogP) is 13.0. The average molecular weight is 742 g/mol. The molecule has 0 aliphatic rings. The SMILES string of the molecule is Cc1ccccc1-c1cc(-c2cc(-c3cccc(N(c4cccc(-c5cccc[n+]5C)c4C)c4cccc(-c5cccc[n+]5C)c4C)c3)ccc2C)c(C)cc1C. The van der Waals surface area contributed by atoms with Gasteiger partial charge in [0.25, 0.3) is 0 Å². The fourth-order valence-corrected chi connectivity index (χ4v) is 8.52. The summed E-state index contributed by atoms with van der Waals surface area (Å²) in [7, 11) is 4.24. The van der Waals surface area contributed by atoms with E-state index in [-0.39, 0.29) is 0 Å². The van der Waals surface area contributed by atoms with Gasteiger partial charge in [0.2, 0.25) is 11.4 Å². The highest BCUT2D eigenvalue weighted by Gasteiger charge is 2.24. The van der Waals surface area contributed by atoms with E-state index < -0.39 is 0 Å². The van der Waals surface area contributed by atoms with Crippen LogP contribution in [0.3, 0.4) is 0 Å². The van der Waals surface area contributed by atoms with E-state index in [0.29, 0.717) is 0 Å². The molecule has 6 aromatic carbocycles. The van der Waals surface area contributed by atoms with Gasteiger partial charge in [-0.3, -0.25) is 0 Å². The number of hydrogen-bond donors (Lipinski definition) is 0. The van der Waals surface area contributed by atoms with E-state index in [9.17, 15) is 0 Å². The van der Waals surface area contributed by atoms with Crippen molar-refractivity contribution < 1.29 is 9.13 Å². The van der Waals surface area contributed by atoms with Crippen LogP contribution in [0.4, 0.5) is 17.1 Å². The van der Waals surface area contributed by atoms with E-state index >= 15 is 0 Å². The molecule has 3 nitrogen and oxygen atoms in total. The number of pyridine rings is 2. The van der Waals surface area contributed by atoms with Crippen molar-refractivity contribution in [3.8, 4) is 55.9 Å². The number of aryl methyl sites for hydroxylation is 6. The van der Waals surface area contributed by atoms with Crippen LogP contribution in [0.5, 0.6) is 0 Å². The van der Waals surface area contributed by atoms with Crippen molar-refractivity contribution >= 4 is 17.1 Å². The van der Waals surface area contributed by atoms with Crippen LogP contribution in [0.25, 0.3) is 55.9 Å². The lowest BCUT2D eigenvalue weighted by atomic mass is 9.87. The molecule has 8 aromatic rings. The third-order valence-electron chi connectivity index (χ3n) is 11.7. The number of nitrogens with zero attached hydrogens (tertiary/aromatic N) is 3. The number of rotatable bonds is 8. The van der Waals surface area contributed by atoms with Crippen molar-refractivity contribution in [3.05, 3.63) is 197 Å². The van der Waals surface area contributed by atoms with Crippen LogP contribution < -0.4 is 14.0 Å². The van der Waals surface area contributed by atoms with Crippen LogP contribution in [0.15, 0.2) is 164 Å². The van der Waals surface area contributed by atoms with Crippen LogP contribution >= 0.6 is 0 Å². The Bertz CT molecular complexity index is 2700. The molecule has 2 heterocycles. The highest BCUT2D eigenvalue weighted by atomic mass is 15.1. The molecule has 3 heteroatoms. The van der Waals surface area contributed by atoms with Gasteiger partial charge in [-0.1, -0.05) is 66.7 Å². The standard InChI is InChI=1S/C54H51N3/c1-36-18-9-10-21-45(36)49-35-50(39(4)32-38(49)3)48-34-43(29-28-37(48)2)42-19-15-20-44(33-42)57(51-26-16-22-46(40(51)5)53-24-11-13-30-55(53)7)52-27-17-23-47(41(52)6)54-25-12-14-31-56(54)8/h9-35H,1-8H3/q+2. The monoisotopic (exact) mass is 741 g/mol. The maximum atomic E-state index is 2.46. The average Bonchev–Trinajstić information content (AvgIpc) is 3.21. The Labute approximate surface area is 338 Å². The topological polar surface area (TPSA) is 11.0 Å². The molecule has 0 saturated carbocycles. The maximum Gasteiger partial charge on any atom is 0.212 e. The molecule has 0 fully saturated rings. The van der Waals surface area contributed by atoms with E-state index in [0.717, 1.165) is 17.1 Å². The lowest BCUT2D eigenvalue weighted by Crippen LogP contribution is -2.30. The second-order valence-corrected chi connectivity index (χ2v) is 15.5. The summed E-state index contributed by atoms with van der Waals surface area (Å²) in [4.78, 5) is 2.46. The summed E-state index contributed by atoms with van der Waals surface area (Å²) >= 11 is 0. The molecule has 0 radical (unpaired) electrons. The molecule has 0 bridgehead atoms. The van der Waals surface area contributed by atoms with Crippen LogP contribution in [-0.2, 0) is 14.1 Å². The summed E-state index contributed by atoms with van der Waals surface area (Å²) in [6, 6.07) is 55.7. The van der Waals surface area contributed by atoms with Gasteiger partial charge in [-0.25, -0.2) is 9.13 Å². The highest BCUT2D eigenvalue weighted by Crippen LogP contribution is 2.44. The number of aromatic nitrogens is 2. The van der Waals surface area contributed by atoms with Gasteiger partial charge in [-0.05, 0) is 169 Å². The summed E-state index contributed by atoms with van der Waals surface area (Å²) < 4.78 is 4.40. The summed E-state index contributed by atoms with van der Waals surface area (Å²) in [5, 5.41) is 0. The third-order valence-corrected chi connectivity index (χ3v) is 11.7. The Morgan fingerprint density at radius 1 is 0.351 bits per heavy atom. The van der Waals surface area contributed by atoms with E-state index in [1.54, 1.807) is 0 Å². The van der Waals surface area contributed by atoms with Crippen LogP contribution in [0, 0.1) is 41.5 Å². The Hall–Kier alpha value is -6.58. The van der Waals surface area contributed by atoms with Crippen molar-refractivity contribution in [1.82, 2.24) is 0 Å². The molecule has 57 heavy (non-hydrogen) atoms. The largest absolute Gasteiger partial charge is 0.310 e. The van der Waals surface area contributed by atoms with Crippen LogP contribution in [0.2, 0.25) is 0 Å². The summed E-state index contributed by atoms with van der Waals surface area (Å²) in [6.45, 7) is 13.4. The lowest BCUT2D eigenvalue weighted by molar-refractivity contribution is -0.660. The second kappa shape index (κ2) is 15.5. The quantitative estimate of drug-likeness (QED) is 0.141. The van der Waals surface area contributed by atoms with E-state index in [1.165, 1.54) is 89.3 Å². The minimum atomic E-state index is 1.11. The Balaban J connectivity index is 1.30. The number of anilines is 3. The van der Waals surface area contributed by atoms with Crippen LogP contribution in [-0.4, -0.2) is 0 Å². The van der Waals surface area contributed by atoms with Crippen molar-refractivity contribution in [2.45, 2.75) is 41.5 Å². The lowest BCUT2D eigenvalue weighted by Gasteiger charge is -2.30. The Morgan fingerprint density at radius 2 is 0.842 bits per heavy atom. The first-order valence-corrected chi connectivity index (χ1v) is 19.9. The van der Waals surface area contributed by atoms with Crippen molar-refractivity contribution in [2.24, 2.45) is 14.1 Å². The molecule has 0 saturated heterocycles. The van der Waals surface area contributed by atoms with Gasteiger partial charge in [0, 0.05) is 41.3 Å². The fraction of sp³-hybridized carbons (Fsp3) is 0.148. The second-order valence-electron chi connectivity index (χ2n) is 15.5. The van der Waals surface area contributed by atoms with Gasteiger partial charge < -0.3 is 4.90 Å². The third kappa shape index (κ3) is 7.06. The van der Waals surface area contributed by atoms with Gasteiger partial charge in [0.1, 0.15) is 14.1 Å². The molecule has 2 aromatic heterocycles. The highest BCUT2D eigenvalue weighted by molar-refractivity contribution is 5.88. The first kappa shape index (κ1) is 37.3. The minimum absolute atomic E-state index is 1.11. The number of hydrogen-bond acceptors (Lipinski definition) is 1. The minimum Gasteiger partial charge on any atom is -0.310 e. The normalized spacial score (nSPS) is 11.2. The molecule has 0 aliphatic heterocycles. The van der Waals surface area contributed by atoms with Gasteiger partial charge >= 0.3 is 0 Å². The molecule has 280 valence electrons. The summed E-state index contributed by atoms with van der Waals surface area (Å²) in [5.41, 5.74) is 23.3. The molecule has 0 unspecified atom stereocenters. The molecule has 8 rings (SSSR count). The molecule has 0 N–H and O–H groups in total. The fourth-order valence-electron chi connectivity index (χ4n) is 8.52. The molecule has 0 atom stereocenters. The van der Waals surface area contributed by atoms with Gasteiger partial charge in [-0.2, -0.15) is 0 Å². The van der Waals surface area contributed by atoms with Crippen LogP contribution in [0.1, 0.15) is 33.4 Å². The number of benzene rings is 6. The first-order chi connectivity index (χ1) is 27.6. The van der Waals surface area contributed by atoms with Crippen molar-refractivity contribution in [1.29, 1.82) is 0 Å².